The summed E-state index contributed by atoms with van der Waals surface area (Å²) in [6.45, 7) is 0. The molecule has 0 aliphatic rings. The predicted molar refractivity (Wildman–Crippen MR) is 46.5 cm³/mol. The van der Waals surface area contributed by atoms with Gasteiger partial charge < -0.3 is 0 Å². The molecule has 0 aliphatic heterocycles. The van der Waals surface area contributed by atoms with E-state index >= 15 is 0 Å². The van der Waals surface area contributed by atoms with Gasteiger partial charge >= 0.3 is 0 Å². The fraction of sp³-hybridized carbons (Fsp3) is 0. The molecule has 0 heterocycles. The molecule has 0 radical (unpaired) electrons. The van der Waals surface area contributed by atoms with E-state index in [-0.39, 0.29) is 5.02 Å². The highest BCUT2D eigenvalue weighted by molar-refractivity contribution is 6.32. The fourth-order valence-corrected chi connectivity index (χ4v) is 0.981. The summed E-state index contributed by atoms with van der Waals surface area (Å²) in [5, 5.41) is 0.0376. The van der Waals surface area contributed by atoms with Crippen molar-refractivity contribution in [2.24, 2.45) is 0 Å². The second-order valence-electron chi connectivity index (χ2n) is 2.14. The summed E-state index contributed by atoms with van der Waals surface area (Å²) in [7, 11) is 0. The van der Waals surface area contributed by atoms with Gasteiger partial charge in [0.05, 0.1) is 5.02 Å². The Hall–Kier alpha value is -1.15. The Bertz CT molecular complexity index is 320. The molecule has 0 amide bonds. The third-order valence-electron chi connectivity index (χ3n) is 1.34. The van der Waals surface area contributed by atoms with Gasteiger partial charge in [0.1, 0.15) is 12.1 Å². The van der Waals surface area contributed by atoms with Crippen LogP contribution in [0.2, 0.25) is 5.02 Å². The maximum Gasteiger partial charge on any atom is 0.142 e. The van der Waals surface area contributed by atoms with Crippen molar-refractivity contribution in [1.29, 1.82) is 0 Å². The lowest BCUT2D eigenvalue weighted by atomic mass is 10.2. The van der Waals surface area contributed by atoms with Crippen molar-refractivity contribution in [2.75, 3.05) is 0 Å². The minimum atomic E-state index is -0.482. The second kappa shape index (κ2) is 4.02. The molecule has 0 saturated heterocycles. The van der Waals surface area contributed by atoms with Crippen molar-refractivity contribution in [2.45, 2.75) is 0 Å². The Kier molecular flexibility index (Phi) is 3.00. The molecule has 0 fully saturated rings. The highest BCUT2D eigenvalue weighted by Crippen LogP contribution is 2.20. The van der Waals surface area contributed by atoms with Gasteiger partial charge in [-0.05, 0) is 17.7 Å². The number of allylic oxidation sites excluding steroid dienone is 1. The van der Waals surface area contributed by atoms with Gasteiger partial charge in [-0.15, -0.1) is 0 Å². The highest BCUT2D eigenvalue weighted by atomic mass is 35.5. The summed E-state index contributed by atoms with van der Waals surface area (Å²) in [5.41, 5.74) is 0.503. The van der Waals surface area contributed by atoms with Crippen molar-refractivity contribution in [1.82, 2.24) is 0 Å². The summed E-state index contributed by atoms with van der Waals surface area (Å²) in [4.78, 5) is 9.95. The first kappa shape index (κ1) is 8.94. The van der Waals surface area contributed by atoms with Crippen LogP contribution < -0.4 is 0 Å². The van der Waals surface area contributed by atoms with Crippen LogP contribution in [-0.2, 0) is 4.79 Å². The van der Waals surface area contributed by atoms with Crippen LogP contribution in [0.5, 0.6) is 0 Å². The van der Waals surface area contributed by atoms with E-state index in [0.717, 1.165) is 0 Å². The predicted octanol–water partition coefficient (Wildman–Crippen LogP) is 2.69. The normalized spacial score (nSPS) is 10.5. The van der Waals surface area contributed by atoms with E-state index in [1.54, 1.807) is 6.07 Å². The van der Waals surface area contributed by atoms with E-state index in [9.17, 15) is 9.18 Å². The largest absolute Gasteiger partial charge is 0.299 e. The maximum absolute atomic E-state index is 12.8. The van der Waals surface area contributed by atoms with Gasteiger partial charge in [-0.25, -0.2) is 4.39 Å². The molecule has 3 heteroatoms. The number of hydrogen-bond donors (Lipinski definition) is 0. The SMILES string of the molecule is O=CC=Cc1cccc(F)c1Cl. The first-order chi connectivity index (χ1) is 5.75. The number of halogens is 2. The van der Waals surface area contributed by atoms with Crippen LogP contribution in [0, 0.1) is 5.82 Å². The molecule has 0 aromatic heterocycles. The van der Waals surface area contributed by atoms with E-state index < -0.39 is 5.82 Å². The van der Waals surface area contributed by atoms with E-state index in [4.69, 9.17) is 11.6 Å². The summed E-state index contributed by atoms with van der Waals surface area (Å²) < 4.78 is 12.8. The molecule has 0 N–H and O–H groups in total. The zero-order chi connectivity index (χ0) is 8.97. The van der Waals surface area contributed by atoms with Gasteiger partial charge in [0.2, 0.25) is 0 Å². The lowest BCUT2D eigenvalue weighted by molar-refractivity contribution is -0.104. The van der Waals surface area contributed by atoms with Gasteiger partial charge in [-0.1, -0.05) is 29.8 Å². The van der Waals surface area contributed by atoms with E-state index in [2.05, 4.69) is 0 Å². The molecule has 0 bridgehead atoms. The average Bonchev–Trinajstić information content (AvgIpc) is 2.08. The van der Waals surface area contributed by atoms with Crippen LogP contribution in [-0.4, -0.2) is 6.29 Å². The van der Waals surface area contributed by atoms with Crippen LogP contribution in [0.25, 0.3) is 6.08 Å². The van der Waals surface area contributed by atoms with Gasteiger partial charge in [-0.3, -0.25) is 4.79 Å². The van der Waals surface area contributed by atoms with Gasteiger partial charge in [-0.2, -0.15) is 0 Å². The fourth-order valence-electron chi connectivity index (χ4n) is 0.792. The topological polar surface area (TPSA) is 17.1 Å². The van der Waals surface area contributed by atoms with Crippen molar-refractivity contribution < 1.29 is 9.18 Å². The smallest absolute Gasteiger partial charge is 0.142 e. The molecule has 0 unspecified atom stereocenters. The Morgan fingerprint density at radius 1 is 1.42 bits per heavy atom. The summed E-state index contributed by atoms with van der Waals surface area (Å²) in [5.74, 6) is -0.482. The number of carbonyl (C=O) groups excluding carboxylic acids is 1. The molecule has 1 aromatic carbocycles. The minimum absolute atomic E-state index is 0.0376. The zero-order valence-corrected chi connectivity index (χ0v) is 6.88. The lowest BCUT2D eigenvalue weighted by Gasteiger charge is -1.97. The van der Waals surface area contributed by atoms with Crippen LogP contribution in [0.4, 0.5) is 4.39 Å². The summed E-state index contributed by atoms with van der Waals surface area (Å²) >= 11 is 5.59. The third kappa shape index (κ3) is 1.92. The van der Waals surface area contributed by atoms with Crippen molar-refractivity contribution >= 4 is 24.0 Å². The van der Waals surface area contributed by atoms with Crippen molar-refractivity contribution in [3.63, 3.8) is 0 Å². The van der Waals surface area contributed by atoms with Crippen LogP contribution in [0.1, 0.15) is 5.56 Å². The maximum atomic E-state index is 12.8. The zero-order valence-electron chi connectivity index (χ0n) is 6.13. The molecule has 1 nitrogen and oxygen atoms in total. The number of hydrogen-bond acceptors (Lipinski definition) is 1. The monoisotopic (exact) mass is 184 g/mol. The number of aldehydes is 1. The molecule has 62 valence electrons. The standard InChI is InChI=1S/C9H6ClFO/c10-9-7(4-2-6-12)3-1-5-8(9)11/h1-6H. The first-order valence-electron chi connectivity index (χ1n) is 3.31. The van der Waals surface area contributed by atoms with Crippen molar-refractivity contribution in [3.05, 3.63) is 40.7 Å². The quantitative estimate of drug-likeness (QED) is 0.510. The van der Waals surface area contributed by atoms with Crippen LogP contribution in [0.15, 0.2) is 24.3 Å². The molecule has 0 saturated carbocycles. The molecular formula is C9H6ClFO. The molecule has 1 rings (SSSR count). The Balaban J connectivity index is 3.07. The minimum Gasteiger partial charge on any atom is -0.299 e. The number of carbonyl (C=O) groups is 1. The van der Waals surface area contributed by atoms with Crippen LogP contribution >= 0.6 is 11.6 Å². The molecule has 1 aromatic rings. The third-order valence-corrected chi connectivity index (χ3v) is 1.73. The highest BCUT2D eigenvalue weighted by Gasteiger charge is 2.01. The second-order valence-corrected chi connectivity index (χ2v) is 2.52. The Labute approximate surface area is 74.5 Å². The molecule has 0 atom stereocenters. The average molecular weight is 185 g/mol. The molecular weight excluding hydrogens is 179 g/mol. The molecule has 0 aliphatic carbocycles. The van der Waals surface area contributed by atoms with Crippen molar-refractivity contribution in [3.8, 4) is 0 Å². The van der Waals surface area contributed by atoms with E-state index in [1.807, 2.05) is 0 Å². The number of benzene rings is 1. The first-order valence-corrected chi connectivity index (χ1v) is 3.69. The summed E-state index contributed by atoms with van der Waals surface area (Å²) in [6, 6.07) is 4.43. The molecule has 12 heavy (non-hydrogen) atoms. The Morgan fingerprint density at radius 3 is 2.83 bits per heavy atom. The lowest BCUT2D eigenvalue weighted by Crippen LogP contribution is -1.80. The van der Waals surface area contributed by atoms with E-state index in [0.29, 0.717) is 11.8 Å². The van der Waals surface area contributed by atoms with Gasteiger partial charge in [0.15, 0.2) is 0 Å². The Morgan fingerprint density at radius 2 is 2.17 bits per heavy atom. The van der Waals surface area contributed by atoms with Gasteiger partial charge in [0.25, 0.3) is 0 Å². The summed E-state index contributed by atoms with van der Waals surface area (Å²) in [6.07, 6.45) is 3.33. The van der Waals surface area contributed by atoms with E-state index in [1.165, 1.54) is 24.3 Å². The molecule has 0 spiro atoms. The number of rotatable bonds is 2. The van der Waals surface area contributed by atoms with Gasteiger partial charge in [0, 0.05) is 0 Å². The van der Waals surface area contributed by atoms with Crippen LogP contribution in [0.3, 0.4) is 0 Å².